The quantitative estimate of drug-likeness (QED) is 0.0800. The van der Waals surface area contributed by atoms with Gasteiger partial charge in [-0.1, -0.05) is 108 Å². The van der Waals surface area contributed by atoms with Gasteiger partial charge in [0.1, 0.15) is 24.2 Å². The number of hydrogen-bond acceptors (Lipinski definition) is 8. The second-order valence-corrected chi connectivity index (χ2v) is 16.5. The zero-order valence-corrected chi connectivity index (χ0v) is 34.6. The fraction of sp³-hybridized carbons (Fsp3) is 0.622. The summed E-state index contributed by atoms with van der Waals surface area (Å²) in [6.07, 6.45) is 6.62. The van der Waals surface area contributed by atoms with Crippen LogP contribution < -0.4 is 21.3 Å². The molecule has 4 rings (SSSR count). The van der Waals surface area contributed by atoms with E-state index in [1.54, 1.807) is 0 Å². The van der Waals surface area contributed by atoms with Crippen LogP contribution in [0.15, 0.2) is 60.7 Å². The van der Waals surface area contributed by atoms with Crippen molar-refractivity contribution >= 4 is 29.4 Å². The molecule has 2 saturated heterocycles. The lowest BCUT2D eigenvalue weighted by molar-refractivity contribution is -0.135. The van der Waals surface area contributed by atoms with Crippen LogP contribution in [0.3, 0.4) is 0 Å². The first-order valence-electron chi connectivity index (χ1n) is 21.2. The Morgan fingerprint density at radius 1 is 0.649 bits per heavy atom. The molecule has 2 aliphatic heterocycles. The summed E-state index contributed by atoms with van der Waals surface area (Å²) >= 11 is 0. The van der Waals surface area contributed by atoms with Gasteiger partial charge < -0.3 is 30.7 Å². The normalized spacial score (nSPS) is 17.6. The number of carbonyl (C=O) groups excluding carboxylic acids is 5. The first-order valence-corrected chi connectivity index (χ1v) is 21.2. The van der Waals surface area contributed by atoms with Crippen LogP contribution in [0.5, 0.6) is 0 Å². The topological polar surface area (TPSA) is 158 Å². The van der Waals surface area contributed by atoms with Gasteiger partial charge in [0, 0.05) is 25.9 Å². The Morgan fingerprint density at radius 3 is 1.81 bits per heavy atom. The summed E-state index contributed by atoms with van der Waals surface area (Å²) in [5, 5.41) is 11.7. The van der Waals surface area contributed by atoms with Crippen molar-refractivity contribution < 1.29 is 33.4 Å². The summed E-state index contributed by atoms with van der Waals surface area (Å²) < 4.78 is 10.7. The fourth-order valence-corrected chi connectivity index (χ4v) is 7.20. The number of ketones is 1. The van der Waals surface area contributed by atoms with Gasteiger partial charge in [-0.25, -0.2) is 0 Å². The Bertz CT molecular complexity index is 1530. The van der Waals surface area contributed by atoms with E-state index in [0.29, 0.717) is 38.7 Å². The summed E-state index contributed by atoms with van der Waals surface area (Å²) in [5.41, 5.74) is 1.87. The molecule has 2 aliphatic rings. The third-order valence-corrected chi connectivity index (χ3v) is 10.5. The predicted molar refractivity (Wildman–Crippen MR) is 221 cm³/mol. The zero-order chi connectivity index (χ0) is 41.0. The summed E-state index contributed by atoms with van der Waals surface area (Å²) in [6, 6.07) is 15.6. The molecule has 2 aromatic carbocycles. The van der Waals surface area contributed by atoms with Crippen molar-refractivity contribution in [2.45, 2.75) is 129 Å². The molecule has 5 atom stereocenters. The van der Waals surface area contributed by atoms with E-state index in [4.69, 9.17) is 9.47 Å². The van der Waals surface area contributed by atoms with Crippen molar-refractivity contribution in [1.82, 2.24) is 26.2 Å². The Hall–Kier alpha value is -4.13. The number of aryl methyl sites for hydroxylation is 1. The number of amides is 4. The molecule has 12 nitrogen and oxygen atoms in total. The molecule has 314 valence electrons. The summed E-state index contributed by atoms with van der Waals surface area (Å²) in [5.74, 6) is -1.63. The molecule has 2 aromatic rings. The first kappa shape index (κ1) is 45.6. The average Bonchev–Trinajstić information content (AvgIpc) is 4.05. The van der Waals surface area contributed by atoms with E-state index < -0.39 is 48.0 Å². The van der Waals surface area contributed by atoms with E-state index in [9.17, 15) is 24.0 Å². The fourth-order valence-electron chi connectivity index (χ4n) is 7.20. The van der Waals surface area contributed by atoms with Crippen LogP contribution in [0, 0.1) is 11.8 Å². The van der Waals surface area contributed by atoms with E-state index in [1.165, 1.54) is 0 Å². The Balaban J connectivity index is 1.40. The largest absolute Gasteiger partial charge is 0.379 e. The molecule has 4 amide bonds. The number of nitrogens with one attached hydrogen (secondary N) is 4. The molecule has 0 aliphatic carbocycles. The van der Waals surface area contributed by atoms with Gasteiger partial charge in [-0.15, -0.1) is 0 Å². The van der Waals surface area contributed by atoms with Crippen molar-refractivity contribution in [2.24, 2.45) is 11.8 Å². The van der Waals surface area contributed by atoms with Crippen LogP contribution >= 0.6 is 0 Å². The molecule has 0 saturated carbocycles. The predicted octanol–water partition coefficient (Wildman–Crippen LogP) is 4.53. The highest BCUT2D eigenvalue weighted by molar-refractivity contribution is 5.97. The molecule has 0 aromatic heterocycles. The van der Waals surface area contributed by atoms with Crippen molar-refractivity contribution in [2.75, 3.05) is 39.5 Å². The number of Topliss-reactive ketones (excluding diaryl/α,β-unsaturated/α-hetero) is 1. The third-order valence-electron chi connectivity index (χ3n) is 10.5. The SMILES string of the molecule is CC(C)CC(NC(=O)[C@H](CCc1ccccc1)NC(=O)CCCCCCCN1CCOCC1)C(=O)N[C@@H](Cc1ccccc1)C(=O)NC(CC(C)C)C(=O)[C@H]1CO1. The van der Waals surface area contributed by atoms with Gasteiger partial charge in [0.05, 0.1) is 25.9 Å². The molecule has 2 unspecified atom stereocenters. The minimum Gasteiger partial charge on any atom is -0.379 e. The Labute approximate surface area is 340 Å². The van der Waals surface area contributed by atoms with Crippen molar-refractivity contribution in [3.8, 4) is 0 Å². The molecule has 2 fully saturated rings. The summed E-state index contributed by atoms with van der Waals surface area (Å²) in [6.45, 7) is 12.9. The molecule has 0 bridgehead atoms. The molecule has 12 heteroatoms. The van der Waals surface area contributed by atoms with Gasteiger partial charge in [0.15, 0.2) is 5.78 Å². The molecular weight excluding hydrogens is 723 g/mol. The number of rotatable bonds is 26. The van der Waals surface area contributed by atoms with Crippen molar-refractivity contribution in [3.05, 3.63) is 71.8 Å². The Morgan fingerprint density at radius 2 is 1.18 bits per heavy atom. The van der Waals surface area contributed by atoms with Gasteiger partial charge in [-0.3, -0.25) is 28.9 Å². The van der Waals surface area contributed by atoms with Gasteiger partial charge in [0.25, 0.3) is 0 Å². The molecule has 0 spiro atoms. The molecule has 57 heavy (non-hydrogen) atoms. The van der Waals surface area contributed by atoms with Crippen LogP contribution in [0.2, 0.25) is 0 Å². The maximum Gasteiger partial charge on any atom is 0.243 e. The highest BCUT2D eigenvalue weighted by Gasteiger charge is 2.38. The maximum atomic E-state index is 14.1. The lowest BCUT2D eigenvalue weighted by Gasteiger charge is -2.27. The van der Waals surface area contributed by atoms with Crippen LogP contribution in [0.1, 0.15) is 96.6 Å². The standard InChI is InChI=1S/C45H67N5O7/c1-32(2)28-37(42(52)40-31-57-40)47-45(55)39(30-35-18-12-9-13-19-35)49-44(54)38(29-33(3)4)48-43(53)36(22-21-34-16-10-8-11-17-34)46-41(51)20-14-6-5-7-15-23-50-24-26-56-27-25-50/h8-13,16-19,32-33,36-40H,5-7,14-15,20-31H2,1-4H3,(H,46,51)(H,47,55)(H,48,53)(H,49,54)/t36-,37?,38?,39-,40+/m0/s1. The van der Waals surface area contributed by atoms with Gasteiger partial charge >= 0.3 is 0 Å². The van der Waals surface area contributed by atoms with E-state index in [-0.39, 0.29) is 29.9 Å². The van der Waals surface area contributed by atoms with E-state index >= 15 is 0 Å². The van der Waals surface area contributed by atoms with Crippen molar-refractivity contribution in [3.63, 3.8) is 0 Å². The minimum absolute atomic E-state index is 0.0280. The number of epoxide rings is 1. The number of ether oxygens (including phenoxy) is 2. The summed E-state index contributed by atoms with van der Waals surface area (Å²) in [4.78, 5) is 70.8. The Kier molecular flexibility index (Phi) is 19.7. The van der Waals surface area contributed by atoms with Crippen LogP contribution in [0.4, 0.5) is 0 Å². The number of morpholine rings is 1. The molecule has 2 heterocycles. The van der Waals surface area contributed by atoms with E-state index in [2.05, 4.69) is 26.2 Å². The highest BCUT2D eigenvalue weighted by atomic mass is 16.6. The minimum atomic E-state index is -1.01. The molecular formula is C45H67N5O7. The second kappa shape index (κ2) is 24.6. The second-order valence-electron chi connectivity index (χ2n) is 16.5. The zero-order valence-electron chi connectivity index (χ0n) is 34.6. The maximum absolute atomic E-state index is 14.1. The number of benzene rings is 2. The average molecular weight is 790 g/mol. The smallest absolute Gasteiger partial charge is 0.243 e. The van der Waals surface area contributed by atoms with Crippen LogP contribution in [-0.4, -0.2) is 104 Å². The molecule has 0 radical (unpaired) electrons. The van der Waals surface area contributed by atoms with Gasteiger partial charge in [-0.2, -0.15) is 0 Å². The van der Waals surface area contributed by atoms with E-state index in [1.807, 2.05) is 88.4 Å². The van der Waals surface area contributed by atoms with Gasteiger partial charge in [0.2, 0.25) is 23.6 Å². The number of carbonyl (C=O) groups is 5. The summed E-state index contributed by atoms with van der Waals surface area (Å²) in [7, 11) is 0. The van der Waals surface area contributed by atoms with Crippen LogP contribution in [-0.2, 0) is 46.3 Å². The number of nitrogens with zero attached hydrogens (tertiary/aromatic N) is 1. The molecule has 4 N–H and O–H groups in total. The third kappa shape index (κ3) is 17.5. The first-order chi connectivity index (χ1) is 27.5. The monoisotopic (exact) mass is 790 g/mol. The number of unbranched alkanes of at least 4 members (excludes halogenated alkanes) is 4. The lowest BCUT2D eigenvalue weighted by atomic mass is 9.97. The van der Waals surface area contributed by atoms with Crippen molar-refractivity contribution in [1.29, 1.82) is 0 Å². The number of hydrogen-bond donors (Lipinski definition) is 4. The van der Waals surface area contributed by atoms with E-state index in [0.717, 1.165) is 76.1 Å². The van der Waals surface area contributed by atoms with Crippen LogP contribution in [0.25, 0.3) is 0 Å². The van der Waals surface area contributed by atoms with Gasteiger partial charge in [-0.05, 0) is 68.0 Å². The lowest BCUT2D eigenvalue weighted by Crippen LogP contribution is -2.58. The highest BCUT2D eigenvalue weighted by Crippen LogP contribution is 2.18.